The molecule has 0 bridgehead atoms. The first-order valence-corrected chi connectivity index (χ1v) is 9.57. The lowest BCUT2D eigenvalue weighted by Crippen LogP contribution is -2.48. The van der Waals surface area contributed by atoms with Crippen molar-refractivity contribution >= 4 is 34.8 Å². The Morgan fingerprint density at radius 2 is 2.03 bits per heavy atom. The molecule has 162 valence electrons. The van der Waals surface area contributed by atoms with Crippen LogP contribution in [0.5, 0.6) is 0 Å². The Balaban J connectivity index is 2.13. The first kappa shape index (κ1) is 23.2. The average Bonchev–Trinajstić information content (AvgIpc) is 3.09. The van der Waals surface area contributed by atoms with Gasteiger partial charge in [0.1, 0.15) is 18.0 Å². The van der Waals surface area contributed by atoms with Gasteiger partial charge in [0, 0.05) is 37.1 Å². The summed E-state index contributed by atoms with van der Waals surface area (Å²) < 4.78 is 24.1. The summed E-state index contributed by atoms with van der Waals surface area (Å²) in [6, 6.07) is 3.26. The van der Waals surface area contributed by atoms with Gasteiger partial charge in [0.15, 0.2) is 5.78 Å². The van der Waals surface area contributed by atoms with E-state index in [0.29, 0.717) is 17.2 Å². The van der Waals surface area contributed by atoms with Crippen molar-refractivity contribution in [2.24, 2.45) is 0 Å². The molecule has 0 fully saturated rings. The number of ether oxygens (including phenoxy) is 2. The smallest absolute Gasteiger partial charge is 0.328 e. The fraction of sp³-hybridized carbons (Fsp3) is 0.429. The van der Waals surface area contributed by atoms with E-state index < -0.39 is 41.7 Å². The molecule has 1 aromatic carbocycles. The Labute approximate surface area is 173 Å². The second-order valence-electron chi connectivity index (χ2n) is 7.13. The van der Waals surface area contributed by atoms with Crippen molar-refractivity contribution in [2.45, 2.75) is 51.4 Å². The zero-order valence-corrected chi connectivity index (χ0v) is 17.2. The average molecular weight is 419 g/mol. The summed E-state index contributed by atoms with van der Waals surface area (Å²) in [5, 5.41) is 10.2. The van der Waals surface area contributed by atoms with Crippen LogP contribution in [-0.2, 0) is 30.3 Å². The fourth-order valence-electron chi connectivity index (χ4n) is 2.99. The lowest BCUT2D eigenvalue weighted by atomic mass is 10.0. The third-order valence-electron chi connectivity index (χ3n) is 4.50. The number of aromatic amines is 1. The molecule has 1 aromatic heterocycles. The van der Waals surface area contributed by atoms with Crippen molar-refractivity contribution in [1.82, 2.24) is 10.3 Å². The molecule has 0 saturated heterocycles. The first-order chi connectivity index (χ1) is 14.2. The number of aromatic nitrogens is 1. The lowest BCUT2D eigenvalue weighted by molar-refractivity contribution is -0.152. The normalized spacial score (nSPS) is 13.1. The van der Waals surface area contributed by atoms with Gasteiger partial charge in [-0.05, 0) is 44.0 Å². The molecular formula is C21H26FN3O5. The van der Waals surface area contributed by atoms with Crippen molar-refractivity contribution < 1.29 is 28.2 Å². The minimum absolute atomic E-state index is 0.000236. The third kappa shape index (κ3) is 6.21. The predicted molar refractivity (Wildman–Crippen MR) is 109 cm³/mol. The first-order valence-electron chi connectivity index (χ1n) is 9.57. The number of fused-ring (bicyclic) bond motifs is 1. The molecule has 9 heteroatoms. The highest BCUT2D eigenvalue weighted by atomic mass is 19.1. The Morgan fingerprint density at radius 3 is 2.67 bits per heavy atom. The summed E-state index contributed by atoms with van der Waals surface area (Å²) in [6.07, 6.45) is 1.07. The van der Waals surface area contributed by atoms with E-state index in [0.717, 1.165) is 5.52 Å². The number of rotatable bonds is 11. The number of Topliss-reactive ketones (excluding diaryl/α,β-unsaturated/α-hetero) is 1. The Morgan fingerprint density at radius 1 is 1.30 bits per heavy atom. The number of nitrogens with one attached hydrogen (secondary N) is 3. The number of methoxy groups -OCH3 is 1. The van der Waals surface area contributed by atoms with Gasteiger partial charge in [-0.1, -0.05) is 0 Å². The second kappa shape index (κ2) is 10.6. The Kier molecular flexibility index (Phi) is 8.23. The molecule has 2 atom stereocenters. The minimum atomic E-state index is -1.05. The number of benzene rings is 1. The van der Waals surface area contributed by atoms with Gasteiger partial charge >= 0.3 is 5.97 Å². The predicted octanol–water partition coefficient (Wildman–Crippen LogP) is 2.30. The number of halogens is 1. The summed E-state index contributed by atoms with van der Waals surface area (Å²) in [7, 11) is 1.36. The zero-order valence-electron chi connectivity index (χ0n) is 17.2. The highest BCUT2D eigenvalue weighted by Crippen LogP contribution is 2.21. The quantitative estimate of drug-likeness (QED) is 0.381. The molecule has 30 heavy (non-hydrogen) atoms. The lowest BCUT2D eigenvalue weighted by Gasteiger charge is -2.22. The van der Waals surface area contributed by atoms with Crippen molar-refractivity contribution in [2.75, 3.05) is 7.11 Å². The van der Waals surface area contributed by atoms with Gasteiger partial charge in [0.2, 0.25) is 5.91 Å². The number of ketones is 1. The topological polar surface area (TPSA) is 121 Å². The molecule has 0 aliphatic rings. The van der Waals surface area contributed by atoms with Crippen LogP contribution >= 0.6 is 0 Å². The maximum Gasteiger partial charge on any atom is 0.328 e. The van der Waals surface area contributed by atoms with Crippen LogP contribution in [0.4, 0.5) is 4.39 Å². The van der Waals surface area contributed by atoms with Crippen molar-refractivity contribution in [3.63, 3.8) is 0 Å². The van der Waals surface area contributed by atoms with E-state index in [1.54, 1.807) is 26.1 Å². The summed E-state index contributed by atoms with van der Waals surface area (Å²) >= 11 is 0. The number of carbonyl (C=O) groups excluding carboxylic acids is 3. The van der Waals surface area contributed by atoms with Crippen LogP contribution in [0.15, 0.2) is 24.4 Å². The fourth-order valence-corrected chi connectivity index (χ4v) is 2.99. The van der Waals surface area contributed by atoms with Crippen LogP contribution in [0, 0.1) is 11.2 Å². The van der Waals surface area contributed by atoms with Gasteiger partial charge in [-0.3, -0.25) is 9.59 Å². The molecule has 0 aliphatic carbocycles. The highest BCUT2D eigenvalue weighted by Gasteiger charge is 2.28. The molecule has 1 amide bonds. The molecule has 1 heterocycles. The zero-order chi connectivity index (χ0) is 22.3. The van der Waals surface area contributed by atoms with E-state index in [4.69, 9.17) is 14.9 Å². The number of hydrogen-bond donors (Lipinski definition) is 3. The maximum absolute atomic E-state index is 13.6. The van der Waals surface area contributed by atoms with E-state index in [-0.39, 0.29) is 19.3 Å². The molecule has 3 N–H and O–H groups in total. The van der Waals surface area contributed by atoms with E-state index in [9.17, 15) is 18.8 Å². The number of esters is 1. The van der Waals surface area contributed by atoms with E-state index in [1.807, 2.05) is 0 Å². The van der Waals surface area contributed by atoms with Gasteiger partial charge in [0.05, 0.1) is 12.3 Å². The van der Waals surface area contributed by atoms with Gasteiger partial charge in [-0.2, -0.15) is 0 Å². The Bertz CT molecular complexity index is 925. The van der Waals surface area contributed by atoms with Crippen LogP contribution in [0.25, 0.3) is 10.9 Å². The summed E-state index contributed by atoms with van der Waals surface area (Å²) in [6.45, 7) is 3.35. The minimum Gasteiger partial charge on any atom is -0.461 e. The maximum atomic E-state index is 13.6. The number of amides is 1. The molecule has 2 rings (SSSR count). The molecule has 0 aliphatic heterocycles. The summed E-state index contributed by atoms with van der Waals surface area (Å²) in [5.74, 6) is -2.08. The van der Waals surface area contributed by atoms with Gasteiger partial charge in [-0.15, -0.1) is 0 Å². The number of carbonyl (C=O) groups is 3. The van der Waals surface area contributed by atoms with Crippen molar-refractivity contribution in [3.05, 3.63) is 35.8 Å². The van der Waals surface area contributed by atoms with Gasteiger partial charge in [-0.25, -0.2) is 9.18 Å². The molecule has 0 saturated carbocycles. The van der Waals surface area contributed by atoms with Crippen LogP contribution in [0.1, 0.15) is 32.3 Å². The molecule has 8 nitrogen and oxygen atoms in total. The number of H-pyrrole nitrogens is 1. The molecule has 2 aromatic rings. The standard InChI is InChI=1S/C21H26FN3O5/c1-12(2)30-21(28)18(7-5-15(26)10-23)25-20(27)19(29-3)8-13-11-24-17-6-4-14(22)9-16(13)17/h4,6,9-12,18-19,23-24H,5,7-8H2,1-3H3,(H,25,27)/t18-,19-/m0/s1. The molecule has 0 spiro atoms. The Hall–Kier alpha value is -3.07. The number of hydrogen-bond acceptors (Lipinski definition) is 6. The monoisotopic (exact) mass is 419 g/mol. The largest absolute Gasteiger partial charge is 0.461 e. The summed E-state index contributed by atoms with van der Waals surface area (Å²) in [4.78, 5) is 39.5. The van der Waals surface area contributed by atoms with Crippen LogP contribution in [0.2, 0.25) is 0 Å². The molecule has 0 unspecified atom stereocenters. The van der Waals surface area contributed by atoms with Gasteiger partial charge < -0.3 is 25.2 Å². The highest BCUT2D eigenvalue weighted by molar-refractivity contribution is 6.26. The van der Waals surface area contributed by atoms with E-state index in [2.05, 4.69) is 10.3 Å². The van der Waals surface area contributed by atoms with Crippen molar-refractivity contribution in [3.8, 4) is 0 Å². The van der Waals surface area contributed by atoms with Crippen LogP contribution in [0.3, 0.4) is 0 Å². The van der Waals surface area contributed by atoms with Crippen LogP contribution in [-0.4, -0.2) is 54.2 Å². The molecular weight excluding hydrogens is 393 g/mol. The van der Waals surface area contributed by atoms with Gasteiger partial charge in [0.25, 0.3) is 0 Å². The van der Waals surface area contributed by atoms with Crippen LogP contribution < -0.4 is 5.32 Å². The summed E-state index contributed by atoms with van der Waals surface area (Å²) in [5.41, 5.74) is 1.41. The second-order valence-corrected chi connectivity index (χ2v) is 7.13. The van der Waals surface area contributed by atoms with E-state index >= 15 is 0 Å². The van der Waals surface area contributed by atoms with Crippen molar-refractivity contribution in [1.29, 1.82) is 5.41 Å². The van der Waals surface area contributed by atoms with E-state index in [1.165, 1.54) is 19.2 Å². The molecule has 0 radical (unpaired) electrons. The SMILES string of the molecule is CO[C@@H](Cc1c[nH]c2ccc(F)cc12)C(=O)N[C@@H](CCC(=O)C=N)C(=O)OC(C)C. The third-order valence-corrected chi connectivity index (χ3v) is 4.50.